The van der Waals surface area contributed by atoms with E-state index in [-0.39, 0.29) is 21.8 Å². The predicted molar refractivity (Wildman–Crippen MR) is 85.9 cm³/mol. The SMILES string of the molecule is CC(=O)N1CCN(c2nc3cc(F)cc(F)c3c(Cl)c2C)CC1. The van der Waals surface area contributed by atoms with E-state index in [1.165, 1.54) is 13.0 Å². The molecule has 1 aliphatic heterocycles. The van der Waals surface area contributed by atoms with Crippen molar-refractivity contribution in [3.05, 3.63) is 34.4 Å². The number of carbonyl (C=O) groups excluding carboxylic acids is 1. The van der Waals surface area contributed by atoms with Gasteiger partial charge >= 0.3 is 0 Å². The number of rotatable bonds is 1. The number of halogens is 3. The summed E-state index contributed by atoms with van der Waals surface area (Å²) < 4.78 is 27.4. The molecule has 1 aromatic heterocycles. The van der Waals surface area contributed by atoms with E-state index in [2.05, 4.69) is 4.98 Å². The van der Waals surface area contributed by atoms with E-state index in [4.69, 9.17) is 11.6 Å². The first-order valence-electron chi connectivity index (χ1n) is 7.34. The lowest BCUT2D eigenvalue weighted by atomic mass is 10.1. The van der Waals surface area contributed by atoms with Crippen molar-refractivity contribution in [2.45, 2.75) is 13.8 Å². The average molecular weight is 340 g/mol. The van der Waals surface area contributed by atoms with Crippen LogP contribution in [0.5, 0.6) is 0 Å². The van der Waals surface area contributed by atoms with Gasteiger partial charge in [0.25, 0.3) is 0 Å². The lowest BCUT2D eigenvalue weighted by Crippen LogP contribution is -2.48. The van der Waals surface area contributed by atoms with Crippen molar-refractivity contribution < 1.29 is 13.6 Å². The number of amides is 1. The molecule has 1 fully saturated rings. The second-order valence-corrected chi connectivity index (χ2v) is 6.03. The highest BCUT2D eigenvalue weighted by atomic mass is 35.5. The molecule has 4 nitrogen and oxygen atoms in total. The van der Waals surface area contributed by atoms with Crippen LogP contribution in [0.25, 0.3) is 10.9 Å². The fourth-order valence-electron chi connectivity index (χ4n) is 2.89. The van der Waals surface area contributed by atoms with E-state index >= 15 is 0 Å². The molecular weight excluding hydrogens is 324 g/mol. The molecule has 0 radical (unpaired) electrons. The van der Waals surface area contributed by atoms with Crippen molar-refractivity contribution in [1.29, 1.82) is 0 Å². The first-order valence-corrected chi connectivity index (χ1v) is 7.71. The largest absolute Gasteiger partial charge is 0.353 e. The molecule has 2 heterocycles. The molecule has 2 aromatic rings. The van der Waals surface area contributed by atoms with E-state index in [1.807, 2.05) is 4.90 Å². The first kappa shape index (κ1) is 15.9. The fraction of sp³-hybridized carbons (Fsp3) is 0.375. The summed E-state index contributed by atoms with van der Waals surface area (Å²) >= 11 is 6.29. The molecule has 0 N–H and O–H groups in total. The van der Waals surface area contributed by atoms with Crippen molar-refractivity contribution in [2.24, 2.45) is 0 Å². The minimum atomic E-state index is -0.714. The van der Waals surface area contributed by atoms with Crippen LogP contribution in [0, 0.1) is 18.6 Å². The van der Waals surface area contributed by atoms with Crippen molar-refractivity contribution in [2.75, 3.05) is 31.1 Å². The number of nitrogens with zero attached hydrogens (tertiary/aromatic N) is 3. The summed E-state index contributed by atoms with van der Waals surface area (Å²) in [5.41, 5.74) is 0.850. The van der Waals surface area contributed by atoms with Gasteiger partial charge in [0.15, 0.2) is 0 Å². The molecule has 1 saturated heterocycles. The fourth-order valence-corrected chi connectivity index (χ4v) is 3.16. The quantitative estimate of drug-likeness (QED) is 0.801. The van der Waals surface area contributed by atoms with Crippen LogP contribution in [0.4, 0.5) is 14.6 Å². The van der Waals surface area contributed by atoms with E-state index < -0.39 is 11.6 Å². The molecule has 0 unspecified atom stereocenters. The van der Waals surface area contributed by atoms with Crippen LogP contribution in [-0.4, -0.2) is 42.0 Å². The number of fused-ring (bicyclic) bond motifs is 1. The molecule has 3 rings (SSSR count). The minimum Gasteiger partial charge on any atom is -0.353 e. The number of pyridine rings is 1. The Kier molecular flexibility index (Phi) is 4.10. The molecule has 7 heteroatoms. The summed E-state index contributed by atoms with van der Waals surface area (Å²) in [4.78, 5) is 19.6. The van der Waals surface area contributed by atoms with E-state index in [9.17, 15) is 13.6 Å². The number of carbonyl (C=O) groups is 1. The molecular formula is C16H16ClF2N3O. The van der Waals surface area contributed by atoms with Gasteiger partial charge in [-0.05, 0) is 6.92 Å². The molecule has 0 saturated carbocycles. The zero-order valence-electron chi connectivity index (χ0n) is 12.9. The first-order chi connectivity index (χ1) is 10.9. The number of aromatic nitrogens is 1. The number of hydrogen-bond acceptors (Lipinski definition) is 3. The Hall–Kier alpha value is -1.95. The lowest BCUT2D eigenvalue weighted by Gasteiger charge is -2.35. The molecule has 23 heavy (non-hydrogen) atoms. The summed E-state index contributed by atoms with van der Waals surface area (Å²) in [7, 11) is 0. The molecule has 0 spiro atoms. The third-order valence-electron chi connectivity index (χ3n) is 4.17. The molecule has 1 aromatic carbocycles. The Bertz CT molecular complexity index is 789. The summed E-state index contributed by atoms with van der Waals surface area (Å²) in [6, 6.07) is 1.99. The molecule has 1 amide bonds. The molecule has 0 atom stereocenters. The van der Waals surface area contributed by atoms with Gasteiger partial charge in [-0.25, -0.2) is 13.8 Å². The van der Waals surface area contributed by atoms with Gasteiger partial charge < -0.3 is 9.80 Å². The molecule has 0 aliphatic carbocycles. The maximum atomic E-state index is 14.0. The topological polar surface area (TPSA) is 36.4 Å². The van der Waals surface area contributed by atoms with Crippen LogP contribution in [0.1, 0.15) is 12.5 Å². The highest BCUT2D eigenvalue weighted by Crippen LogP contribution is 2.34. The Morgan fingerprint density at radius 3 is 2.48 bits per heavy atom. The van der Waals surface area contributed by atoms with Crippen molar-refractivity contribution in [3.63, 3.8) is 0 Å². The smallest absolute Gasteiger partial charge is 0.219 e. The molecule has 122 valence electrons. The van der Waals surface area contributed by atoms with Crippen LogP contribution in [-0.2, 0) is 4.79 Å². The Labute approximate surface area is 137 Å². The maximum absolute atomic E-state index is 14.0. The third kappa shape index (κ3) is 2.83. The Morgan fingerprint density at radius 1 is 1.22 bits per heavy atom. The maximum Gasteiger partial charge on any atom is 0.219 e. The number of anilines is 1. The number of hydrogen-bond donors (Lipinski definition) is 0. The monoisotopic (exact) mass is 339 g/mol. The van der Waals surface area contributed by atoms with Crippen LogP contribution < -0.4 is 4.90 Å². The van der Waals surface area contributed by atoms with Crippen LogP contribution in [0.3, 0.4) is 0 Å². The van der Waals surface area contributed by atoms with E-state index in [0.717, 1.165) is 6.07 Å². The van der Waals surface area contributed by atoms with Gasteiger partial charge in [-0.15, -0.1) is 0 Å². The average Bonchev–Trinajstić information content (AvgIpc) is 2.50. The van der Waals surface area contributed by atoms with E-state index in [0.29, 0.717) is 37.6 Å². The Balaban J connectivity index is 2.02. The second kappa shape index (κ2) is 5.92. The molecule has 0 bridgehead atoms. The Morgan fingerprint density at radius 2 is 1.87 bits per heavy atom. The number of benzene rings is 1. The van der Waals surface area contributed by atoms with Gasteiger partial charge in [0.05, 0.1) is 15.9 Å². The van der Waals surface area contributed by atoms with Crippen molar-refractivity contribution >= 4 is 34.2 Å². The highest BCUT2D eigenvalue weighted by molar-refractivity contribution is 6.36. The minimum absolute atomic E-state index is 0.0371. The third-order valence-corrected chi connectivity index (χ3v) is 4.64. The van der Waals surface area contributed by atoms with Gasteiger partial charge in [0, 0.05) is 50.8 Å². The van der Waals surface area contributed by atoms with Gasteiger partial charge in [0.2, 0.25) is 5.91 Å². The highest BCUT2D eigenvalue weighted by Gasteiger charge is 2.23. The van der Waals surface area contributed by atoms with Gasteiger partial charge in [0.1, 0.15) is 17.5 Å². The van der Waals surface area contributed by atoms with Crippen molar-refractivity contribution in [3.8, 4) is 0 Å². The van der Waals surface area contributed by atoms with Gasteiger partial charge in [-0.2, -0.15) is 0 Å². The summed E-state index contributed by atoms with van der Waals surface area (Å²) in [6.07, 6.45) is 0. The zero-order valence-corrected chi connectivity index (χ0v) is 13.6. The predicted octanol–water partition coefficient (Wildman–Crippen LogP) is 3.14. The summed E-state index contributed by atoms with van der Waals surface area (Å²) in [6.45, 7) is 5.69. The van der Waals surface area contributed by atoms with Crippen LogP contribution in [0.2, 0.25) is 5.02 Å². The normalized spacial score (nSPS) is 15.3. The standard InChI is InChI=1S/C16H16ClF2N3O/c1-9-15(17)14-12(19)7-11(18)8-13(14)20-16(9)22-5-3-21(4-6-22)10(2)23/h7-8H,3-6H2,1-2H3. The lowest BCUT2D eigenvalue weighted by molar-refractivity contribution is -0.129. The van der Waals surface area contributed by atoms with Gasteiger partial charge in [-0.3, -0.25) is 4.79 Å². The van der Waals surface area contributed by atoms with Crippen molar-refractivity contribution in [1.82, 2.24) is 9.88 Å². The van der Waals surface area contributed by atoms with Crippen LogP contribution >= 0.6 is 11.6 Å². The van der Waals surface area contributed by atoms with Gasteiger partial charge in [-0.1, -0.05) is 11.6 Å². The number of piperazine rings is 1. The second-order valence-electron chi connectivity index (χ2n) is 5.65. The van der Waals surface area contributed by atoms with Crippen LogP contribution in [0.15, 0.2) is 12.1 Å². The summed E-state index contributed by atoms with van der Waals surface area (Å²) in [5.74, 6) is -0.756. The summed E-state index contributed by atoms with van der Waals surface area (Å²) in [5, 5.41) is 0.383. The molecule has 1 aliphatic rings. The van der Waals surface area contributed by atoms with E-state index in [1.54, 1.807) is 11.8 Å². The zero-order chi connectivity index (χ0) is 16.7.